The molecule has 0 radical (unpaired) electrons. The molecule has 0 aliphatic heterocycles. The number of phosphoric acid groups is 2. The summed E-state index contributed by atoms with van der Waals surface area (Å²) in [4.78, 5) is 72.0. The van der Waals surface area contributed by atoms with E-state index in [-0.39, 0.29) is 25.7 Å². The third-order valence-corrected chi connectivity index (χ3v) is 16.1. The lowest BCUT2D eigenvalue weighted by atomic mass is 10.0. The van der Waals surface area contributed by atoms with Gasteiger partial charge in [0.05, 0.1) is 26.4 Å². The molecule has 19 heteroatoms. The van der Waals surface area contributed by atoms with Gasteiger partial charge in [0.2, 0.25) is 0 Å². The molecule has 81 heavy (non-hydrogen) atoms. The number of carbonyl (C=O) groups is 4. The van der Waals surface area contributed by atoms with Gasteiger partial charge in [-0.2, -0.15) is 0 Å². The van der Waals surface area contributed by atoms with Crippen LogP contribution in [0.15, 0.2) is 0 Å². The Morgan fingerprint density at radius 1 is 0.333 bits per heavy atom. The third-order valence-electron chi connectivity index (χ3n) is 14.2. The van der Waals surface area contributed by atoms with E-state index < -0.39 is 97.5 Å². The maximum atomic E-state index is 12.9. The lowest BCUT2D eigenvalue weighted by molar-refractivity contribution is -0.161. The zero-order chi connectivity index (χ0) is 60.1. The van der Waals surface area contributed by atoms with Crippen molar-refractivity contribution in [3.05, 3.63) is 0 Å². The van der Waals surface area contributed by atoms with Gasteiger partial charge in [0.1, 0.15) is 19.3 Å². The van der Waals surface area contributed by atoms with Crippen LogP contribution in [-0.2, 0) is 65.4 Å². The van der Waals surface area contributed by atoms with E-state index in [2.05, 4.69) is 41.5 Å². The van der Waals surface area contributed by atoms with Crippen molar-refractivity contribution in [3.63, 3.8) is 0 Å². The van der Waals surface area contributed by atoms with Crippen LogP contribution in [0.4, 0.5) is 0 Å². The van der Waals surface area contributed by atoms with Crippen LogP contribution < -0.4 is 0 Å². The highest BCUT2D eigenvalue weighted by atomic mass is 31.2. The third kappa shape index (κ3) is 56.9. The van der Waals surface area contributed by atoms with E-state index in [1.807, 2.05) is 0 Å². The molecule has 480 valence electrons. The van der Waals surface area contributed by atoms with Crippen molar-refractivity contribution < 1.29 is 80.2 Å². The van der Waals surface area contributed by atoms with Crippen LogP contribution in [0.5, 0.6) is 0 Å². The predicted octanol–water partition coefficient (Wildman–Crippen LogP) is 16.9. The topological polar surface area (TPSA) is 237 Å². The normalized spacial score (nSPS) is 14.4. The minimum atomic E-state index is -4.94. The Labute approximate surface area is 492 Å². The van der Waals surface area contributed by atoms with Crippen molar-refractivity contribution in [2.75, 3.05) is 39.6 Å². The second kappa shape index (κ2) is 54.7. The number of ether oxygens (including phenoxy) is 4. The number of aliphatic hydroxyl groups excluding tert-OH is 1. The van der Waals surface area contributed by atoms with E-state index in [1.54, 1.807) is 0 Å². The summed E-state index contributed by atoms with van der Waals surface area (Å²) in [6.45, 7) is 9.38. The van der Waals surface area contributed by atoms with Crippen molar-refractivity contribution in [3.8, 4) is 0 Å². The molecule has 0 aromatic carbocycles. The fourth-order valence-corrected chi connectivity index (χ4v) is 10.8. The molecule has 0 amide bonds. The summed E-state index contributed by atoms with van der Waals surface area (Å²) in [5.41, 5.74) is 0. The Balaban J connectivity index is 5.21. The highest BCUT2D eigenvalue weighted by molar-refractivity contribution is 7.47. The van der Waals surface area contributed by atoms with Crippen molar-refractivity contribution in [1.29, 1.82) is 0 Å². The standard InChI is InChI=1S/C62H120O17P2/c1-7-9-11-13-15-16-21-27-34-40-46-61(66)78-57(50-72-59(64)44-38-32-24-14-12-10-8-2)52-76-80(68,69)74-48-56(63)49-75-81(70,71)77-53-58(51-73-60(65)45-39-33-29-23-26-31-37-43-55(5)6)79-62(67)47-41-35-28-22-19-17-18-20-25-30-36-42-54(3)4/h54-58,63H,7-53H2,1-6H3,(H,68,69)(H,70,71)/t56-,57+,58+/m0/s1. The number of rotatable bonds is 61. The Morgan fingerprint density at radius 2 is 0.568 bits per heavy atom. The molecule has 17 nitrogen and oxygen atoms in total. The van der Waals surface area contributed by atoms with Crippen LogP contribution in [0.2, 0.25) is 0 Å². The summed E-state index contributed by atoms with van der Waals surface area (Å²) in [5, 5.41) is 10.5. The maximum absolute atomic E-state index is 12.9. The van der Waals surface area contributed by atoms with Gasteiger partial charge in [0.25, 0.3) is 0 Å². The number of hydrogen-bond donors (Lipinski definition) is 3. The molecule has 0 saturated heterocycles. The van der Waals surface area contributed by atoms with Crippen LogP contribution in [0, 0.1) is 11.8 Å². The number of carbonyl (C=O) groups excluding carboxylic acids is 4. The molecule has 0 spiro atoms. The van der Waals surface area contributed by atoms with Crippen LogP contribution in [0.25, 0.3) is 0 Å². The first-order valence-electron chi connectivity index (χ1n) is 32.5. The molecule has 2 unspecified atom stereocenters. The SMILES string of the molecule is CCCCCCCCCCCCC(=O)O[C@H](COC(=O)CCCCCCCCC)COP(=O)(O)OC[C@H](O)COP(=O)(O)OC[C@@H](COC(=O)CCCCCCCCCC(C)C)OC(=O)CCCCCCCCCCCCCC(C)C. The minimum Gasteiger partial charge on any atom is -0.462 e. The van der Waals surface area contributed by atoms with E-state index in [1.165, 1.54) is 103 Å². The summed E-state index contributed by atoms with van der Waals surface area (Å²) in [6, 6.07) is 0. The van der Waals surface area contributed by atoms with Gasteiger partial charge in [-0.1, -0.05) is 253 Å². The predicted molar refractivity (Wildman–Crippen MR) is 321 cm³/mol. The van der Waals surface area contributed by atoms with Crippen LogP contribution in [0.1, 0.15) is 305 Å². The highest BCUT2D eigenvalue weighted by Gasteiger charge is 2.30. The summed E-state index contributed by atoms with van der Waals surface area (Å²) in [7, 11) is -9.88. The Bertz CT molecular complexity index is 1600. The van der Waals surface area contributed by atoms with Gasteiger partial charge in [-0.25, -0.2) is 9.13 Å². The summed E-state index contributed by atoms with van der Waals surface area (Å²) >= 11 is 0. The second-order valence-corrected chi connectivity index (χ2v) is 26.3. The second-order valence-electron chi connectivity index (χ2n) is 23.4. The molecule has 3 N–H and O–H groups in total. The number of hydrogen-bond acceptors (Lipinski definition) is 15. The Hall–Kier alpha value is -1.94. The van der Waals surface area contributed by atoms with Crippen LogP contribution >= 0.6 is 15.6 Å². The average molecular weight is 1200 g/mol. The first-order valence-corrected chi connectivity index (χ1v) is 35.5. The number of esters is 4. The number of aliphatic hydroxyl groups is 1. The first kappa shape index (κ1) is 79.1. The molecule has 0 heterocycles. The smallest absolute Gasteiger partial charge is 0.462 e. The van der Waals surface area contributed by atoms with E-state index in [9.17, 15) is 43.2 Å². The van der Waals surface area contributed by atoms with Crippen LogP contribution in [-0.4, -0.2) is 96.7 Å². The van der Waals surface area contributed by atoms with Crippen molar-refractivity contribution in [2.24, 2.45) is 11.8 Å². The van der Waals surface area contributed by atoms with Gasteiger partial charge >= 0.3 is 39.5 Å². The molecular weight excluding hydrogens is 1080 g/mol. The summed E-state index contributed by atoms with van der Waals surface area (Å²) in [5.74, 6) is -0.671. The fraction of sp³-hybridized carbons (Fsp3) is 0.935. The molecule has 0 aromatic heterocycles. The van der Waals surface area contributed by atoms with Gasteiger partial charge in [-0.3, -0.25) is 37.3 Å². The van der Waals surface area contributed by atoms with E-state index in [0.29, 0.717) is 31.6 Å². The van der Waals surface area contributed by atoms with Crippen molar-refractivity contribution in [2.45, 2.75) is 323 Å². The molecule has 0 aliphatic carbocycles. The quantitative estimate of drug-likeness (QED) is 0.0222. The molecule has 0 aliphatic rings. The largest absolute Gasteiger partial charge is 0.472 e. The molecule has 0 aromatic rings. The minimum absolute atomic E-state index is 0.105. The number of unbranched alkanes of at least 4 members (excludes halogenated alkanes) is 31. The Morgan fingerprint density at radius 3 is 0.840 bits per heavy atom. The van der Waals surface area contributed by atoms with Crippen molar-refractivity contribution in [1.82, 2.24) is 0 Å². The molecule has 0 rings (SSSR count). The zero-order valence-electron chi connectivity index (χ0n) is 52.1. The number of phosphoric ester groups is 2. The molecule has 5 atom stereocenters. The lowest BCUT2D eigenvalue weighted by Gasteiger charge is -2.21. The maximum Gasteiger partial charge on any atom is 0.472 e. The summed E-state index contributed by atoms with van der Waals surface area (Å²) in [6.07, 6.45) is 36.3. The van der Waals surface area contributed by atoms with Gasteiger partial charge in [0.15, 0.2) is 12.2 Å². The monoisotopic (exact) mass is 1200 g/mol. The average Bonchev–Trinajstić information content (AvgIpc) is 3.42. The zero-order valence-corrected chi connectivity index (χ0v) is 53.9. The molecule has 0 bridgehead atoms. The fourth-order valence-electron chi connectivity index (χ4n) is 9.18. The van der Waals surface area contributed by atoms with E-state index in [0.717, 1.165) is 115 Å². The van der Waals surface area contributed by atoms with Gasteiger partial charge in [-0.15, -0.1) is 0 Å². The first-order chi connectivity index (χ1) is 38.9. The molecule has 0 fully saturated rings. The molecular formula is C62H120O17P2. The lowest BCUT2D eigenvalue weighted by Crippen LogP contribution is -2.30. The van der Waals surface area contributed by atoms with Gasteiger partial charge in [0, 0.05) is 25.7 Å². The summed E-state index contributed by atoms with van der Waals surface area (Å²) < 4.78 is 67.8. The van der Waals surface area contributed by atoms with E-state index >= 15 is 0 Å². The highest BCUT2D eigenvalue weighted by Crippen LogP contribution is 2.45. The van der Waals surface area contributed by atoms with Crippen molar-refractivity contribution >= 4 is 39.5 Å². The van der Waals surface area contributed by atoms with E-state index in [4.69, 9.17) is 37.0 Å². The van der Waals surface area contributed by atoms with Gasteiger partial charge in [-0.05, 0) is 37.5 Å². The molecule has 0 saturated carbocycles. The Kier molecular flexibility index (Phi) is 53.4. The van der Waals surface area contributed by atoms with Crippen LogP contribution in [0.3, 0.4) is 0 Å². The van der Waals surface area contributed by atoms with Gasteiger partial charge < -0.3 is 33.8 Å².